The summed E-state index contributed by atoms with van der Waals surface area (Å²) in [5.74, 6) is 0. The lowest BCUT2D eigenvalue weighted by molar-refractivity contribution is -0.139. The topological polar surface area (TPSA) is 34.9 Å². The van der Waals surface area contributed by atoms with Crippen LogP contribution < -0.4 is 5.56 Å². The SMILES string of the molecule is Cc1cc(C(F)(F)F)c(=O)n(Cc2ccccc2)n1. The maximum atomic E-state index is 12.7. The molecule has 0 atom stereocenters. The summed E-state index contributed by atoms with van der Waals surface area (Å²) < 4.78 is 39.0. The molecule has 0 bridgehead atoms. The molecule has 19 heavy (non-hydrogen) atoms. The van der Waals surface area contributed by atoms with Gasteiger partial charge in [0, 0.05) is 0 Å². The Balaban J connectivity index is 2.48. The molecule has 0 aliphatic rings. The Bertz CT molecular complexity index is 633. The molecule has 6 heteroatoms. The van der Waals surface area contributed by atoms with E-state index in [0.717, 1.165) is 16.3 Å². The average molecular weight is 268 g/mol. The van der Waals surface area contributed by atoms with E-state index in [1.165, 1.54) is 6.92 Å². The summed E-state index contributed by atoms with van der Waals surface area (Å²) in [5, 5.41) is 3.85. The first-order chi connectivity index (χ1) is 8.88. The zero-order valence-corrected chi connectivity index (χ0v) is 10.1. The fourth-order valence-electron chi connectivity index (χ4n) is 1.74. The predicted molar refractivity (Wildman–Crippen MR) is 63.8 cm³/mol. The zero-order chi connectivity index (χ0) is 14.0. The summed E-state index contributed by atoms with van der Waals surface area (Å²) in [7, 11) is 0. The smallest absolute Gasteiger partial charge is 0.267 e. The fourth-order valence-corrected chi connectivity index (χ4v) is 1.74. The highest BCUT2D eigenvalue weighted by atomic mass is 19.4. The van der Waals surface area contributed by atoms with Crippen molar-refractivity contribution in [2.75, 3.05) is 0 Å². The minimum absolute atomic E-state index is 0.0183. The van der Waals surface area contributed by atoms with Crippen molar-refractivity contribution in [3.8, 4) is 0 Å². The van der Waals surface area contributed by atoms with E-state index < -0.39 is 17.3 Å². The number of halogens is 3. The molecular weight excluding hydrogens is 257 g/mol. The van der Waals surface area contributed by atoms with Crippen LogP contribution in [0.2, 0.25) is 0 Å². The van der Waals surface area contributed by atoms with Crippen LogP contribution in [0, 0.1) is 6.92 Å². The van der Waals surface area contributed by atoms with E-state index in [1.807, 2.05) is 0 Å². The second kappa shape index (κ2) is 4.87. The molecule has 0 aliphatic carbocycles. The van der Waals surface area contributed by atoms with E-state index >= 15 is 0 Å². The highest BCUT2D eigenvalue weighted by molar-refractivity contribution is 5.18. The normalized spacial score (nSPS) is 11.6. The van der Waals surface area contributed by atoms with Gasteiger partial charge in [-0.25, -0.2) is 4.68 Å². The van der Waals surface area contributed by atoms with Crippen molar-refractivity contribution < 1.29 is 13.2 Å². The van der Waals surface area contributed by atoms with Gasteiger partial charge in [-0.1, -0.05) is 30.3 Å². The van der Waals surface area contributed by atoms with Gasteiger partial charge in [-0.05, 0) is 18.6 Å². The number of hydrogen-bond donors (Lipinski definition) is 0. The van der Waals surface area contributed by atoms with E-state index in [2.05, 4.69) is 5.10 Å². The minimum Gasteiger partial charge on any atom is -0.267 e. The summed E-state index contributed by atoms with van der Waals surface area (Å²) in [6.07, 6.45) is -4.66. The van der Waals surface area contributed by atoms with Gasteiger partial charge in [0.2, 0.25) is 0 Å². The first-order valence-electron chi connectivity index (χ1n) is 5.58. The van der Waals surface area contributed by atoms with Gasteiger partial charge < -0.3 is 0 Å². The van der Waals surface area contributed by atoms with E-state index in [0.29, 0.717) is 0 Å². The molecule has 0 saturated carbocycles. The van der Waals surface area contributed by atoms with Gasteiger partial charge in [-0.2, -0.15) is 18.3 Å². The maximum absolute atomic E-state index is 12.7. The van der Waals surface area contributed by atoms with Gasteiger partial charge in [-0.3, -0.25) is 4.79 Å². The molecule has 0 saturated heterocycles. The molecule has 3 nitrogen and oxygen atoms in total. The van der Waals surface area contributed by atoms with Crippen LogP contribution in [0.15, 0.2) is 41.2 Å². The number of aromatic nitrogens is 2. The second-order valence-corrected chi connectivity index (χ2v) is 4.15. The third-order valence-corrected chi connectivity index (χ3v) is 2.58. The predicted octanol–water partition coefficient (Wildman–Crippen LogP) is 2.62. The Labute approximate surface area is 107 Å². The van der Waals surface area contributed by atoms with Crippen LogP contribution in [0.4, 0.5) is 13.2 Å². The van der Waals surface area contributed by atoms with Crippen LogP contribution in [-0.4, -0.2) is 9.78 Å². The largest absolute Gasteiger partial charge is 0.421 e. The lowest BCUT2D eigenvalue weighted by Gasteiger charge is -2.11. The minimum atomic E-state index is -4.66. The van der Waals surface area contributed by atoms with E-state index in [1.54, 1.807) is 30.3 Å². The lowest BCUT2D eigenvalue weighted by Crippen LogP contribution is -2.31. The maximum Gasteiger partial charge on any atom is 0.421 e. The van der Waals surface area contributed by atoms with Crippen LogP contribution >= 0.6 is 0 Å². The van der Waals surface area contributed by atoms with E-state index in [9.17, 15) is 18.0 Å². The first kappa shape index (κ1) is 13.3. The summed E-state index contributed by atoms with van der Waals surface area (Å²) in [4.78, 5) is 11.8. The molecule has 0 N–H and O–H groups in total. The number of nitrogens with zero attached hydrogens (tertiary/aromatic N) is 2. The molecule has 0 amide bonds. The molecular formula is C13H11F3N2O. The van der Waals surface area contributed by atoms with Crippen molar-refractivity contribution in [1.29, 1.82) is 0 Å². The van der Waals surface area contributed by atoms with Gasteiger partial charge in [0.1, 0.15) is 5.56 Å². The standard InChI is InChI=1S/C13H11F3N2O/c1-9-7-11(13(14,15)16)12(19)18(17-9)8-10-5-3-2-4-6-10/h2-7H,8H2,1H3. The number of alkyl halides is 3. The van der Waals surface area contributed by atoms with Crippen LogP contribution in [-0.2, 0) is 12.7 Å². The Kier molecular flexibility index (Phi) is 3.42. The van der Waals surface area contributed by atoms with E-state index in [-0.39, 0.29) is 12.2 Å². The quantitative estimate of drug-likeness (QED) is 0.839. The average Bonchev–Trinajstić information content (AvgIpc) is 2.33. The Morgan fingerprint density at radius 1 is 1.21 bits per heavy atom. The third kappa shape index (κ3) is 3.01. The molecule has 1 heterocycles. The second-order valence-electron chi connectivity index (χ2n) is 4.15. The monoisotopic (exact) mass is 268 g/mol. The van der Waals surface area contributed by atoms with Gasteiger partial charge in [-0.15, -0.1) is 0 Å². The molecule has 1 aromatic heterocycles. The van der Waals surface area contributed by atoms with Crippen molar-refractivity contribution in [1.82, 2.24) is 9.78 Å². The van der Waals surface area contributed by atoms with Crippen molar-refractivity contribution in [3.05, 3.63) is 63.6 Å². The fraction of sp³-hybridized carbons (Fsp3) is 0.231. The number of benzene rings is 1. The van der Waals surface area contributed by atoms with Crippen molar-refractivity contribution in [3.63, 3.8) is 0 Å². The Hall–Kier alpha value is -2.11. The van der Waals surface area contributed by atoms with E-state index in [4.69, 9.17) is 0 Å². The Morgan fingerprint density at radius 3 is 2.42 bits per heavy atom. The summed E-state index contributed by atoms with van der Waals surface area (Å²) in [6.45, 7) is 1.45. The number of aryl methyl sites for hydroxylation is 1. The van der Waals surface area contributed by atoms with Crippen LogP contribution in [0.25, 0.3) is 0 Å². The molecule has 0 aliphatic heterocycles. The summed E-state index contributed by atoms with van der Waals surface area (Å²) >= 11 is 0. The summed E-state index contributed by atoms with van der Waals surface area (Å²) in [6, 6.07) is 9.51. The highest BCUT2D eigenvalue weighted by Gasteiger charge is 2.35. The highest BCUT2D eigenvalue weighted by Crippen LogP contribution is 2.26. The van der Waals surface area contributed by atoms with Gasteiger partial charge in [0.15, 0.2) is 0 Å². The molecule has 2 rings (SSSR count). The lowest BCUT2D eigenvalue weighted by atomic mass is 10.2. The summed E-state index contributed by atoms with van der Waals surface area (Å²) in [5.41, 5.74) is -1.43. The number of hydrogen-bond acceptors (Lipinski definition) is 2. The van der Waals surface area contributed by atoms with Crippen LogP contribution in [0.3, 0.4) is 0 Å². The van der Waals surface area contributed by atoms with Gasteiger partial charge in [0.05, 0.1) is 12.2 Å². The third-order valence-electron chi connectivity index (χ3n) is 2.58. The van der Waals surface area contributed by atoms with Crippen molar-refractivity contribution in [2.24, 2.45) is 0 Å². The first-order valence-corrected chi connectivity index (χ1v) is 5.58. The van der Waals surface area contributed by atoms with Crippen LogP contribution in [0.5, 0.6) is 0 Å². The van der Waals surface area contributed by atoms with Gasteiger partial charge >= 0.3 is 6.18 Å². The zero-order valence-electron chi connectivity index (χ0n) is 10.1. The molecule has 1 aromatic carbocycles. The van der Waals surface area contributed by atoms with Crippen molar-refractivity contribution >= 4 is 0 Å². The molecule has 0 fully saturated rings. The molecule has 0 spiro atoms. The molecule has 2 aromatic rings. The van der Waals surface area contributed by atoms with Crippen LogP contribution in [0.1, 0.15) is 16.8 Å². The molecule has 0 radical (unpaired) electrons. The number of rotatable bonds is 2. The van der Waals surface area contributed by atoms with Gasteiger partial charge in [0.25, 0.3) is 5.56 Å². The van der Waals surface area contributed by atoms with Crippen molar-refractivity contribution in [2.45, 2.75) is 19.6 Å². The Morgan fingerprint density at radius 2 is 1.84 bits per heavy atom. The molecule has 0 unspecified atom stereocenters. The molecule has 100 valence electrons.